The second kappa shape index (κ2) is 5.64. The Kier molecular flexibility index (Phi) is 3.46. The third kappa shape index (κ3) is 2.50. The molecule has 1 saturated heterocycles. The third-order valence-corrected chi connectivity index (χ3v) is 4.22. The van der Waals surface area contributed by atoms with Crippen LogP contribution in [-0.2, 0) is 29.3 Å². The Labute approximate surface area is 137 Å². The number of aromatic nitrogens is 2. The van der Waals surface area contributed by atoms with E-state index in [1.165, 1.54) is 9.75 Å². The van der Waals surface area contributed by atoms with Crippen molar-refractivity contribution in [3.63, 3.8) is 0 Å². The summed E-state index contributed by atoms with van der Waals surface area (Å²) in [5.74, 6) is -0.950. The number of fused-ring (bicyclic) bond motifs is 4. The normalized spacial score (nSPS) is 18.8. The van der Waals surface area contributed by atoms with Gasteiger partial charge in [0.25, 0.3) is 0 Å². The smallest absolute Gasteiger partial charge is 0.345 e. The van der Waals surface area contributed by atoms with Crippen molar-refractivity contribution >= 4 is 12.0 Å². The van der Waals surface area contributed by atoms with Crippen molar-refractivity contribution < 1.29 is 19.5 Å². The van der Waals surface area contributed by atoms with E-state index < -0.39 is 5.97 Å². The number of benzene rings is 1. The highest BCUT2D eigenvalue weighted by molar-refractivity contribution is 5.77. The number of carbonyl (C=O) groups excluding carboxylic acids is 1. The van der Waals surface area contributed by atoms with Crippen LogP contribution in [0.2, 0.25) is 0 Å². The molecule has 8 nitrogen and oxygen atoms in total. The van der Waals surface area contributed by atoms with Gasteiger partial charge in [-0.15, -0.1) is 0 Å². The number of hydroxylamine groups is 2. The van der Waals surface area contributed by atoms with Crippen molar-refractivity contribution in [3.05, 3.63) is 53.3 Å². The van der Waals surface area contributed by atoms with E-state index in [1.54, 1.807) is 11.1 Å². The summed E-state index contributed by atoms with van der Waals surface area (Å²) in [4.78, 5) is 30.7. The van der Waals surface area contributed by atoms with Gasteiger partial charge < -0.3 is 10.0 Å². The summed E-state index contributed by atoms with van der Waals surface area (Å²) in [6.07, 6.45) is 1.70. The molecule has 1 unspecified atom stereocenters. The zero-order valence-electron chi connectivity index (χ0n) is 12.8. The first kappa shape index (κ1) is 14.7. The number of hydrogen-bond donors (Lipinski definition) is 1. The molecule has 3 heterocycles. The molecule has 24 heavy (non-hydrogen) atoms. The van der Waals surface area contributed by atoms with Gasteiger partial charge in [0.15, 0.2) is 0 Å². The Morgan fingerprint density at radius 2 is 2.12 bits per heavy atom. The molecule has 2 aliphatic heterocycles. The fourth-order valence-electron chi connectivity index (χ4n) is 3.13. The maximum absolute atomic E-state index is 12.4. The second-order valence-electron chi connectivity index (χ2n) is 5.89. The van der Waals surface area contributed by atoms with Crippen LogP contribution >= 0.6 is 0 Å². The molecular weight excluding hydrogens is 312 g/mol. The average molecular weight is 328 g/mol. The lowest BCUT2D eigenvalue weighted by Gasteiger charge is -2.22. The predicted octanol–water partition coefficient (Wildman–Crippen LogP) is 1.39. The van der Waals surface area contributed by atoms with Crippen LogP contribution in [0.15, 0.2) is 36.5 Å². The van der Waals surface area contributed by atoms with Gasteiger partial charge in [0.1, 0.15) is 19.2 Å². The molecule has 8 heteroatoms. The maximum atomic E-state index is 12.4. The van der Waals surface area contributed by atoms with Gasteiger partial charge in [0.2, 0.25) is 0 Å². The van der Waals surface area contributed by atoms with Gasteiger partial charge in [0.05, 0.1) is 18.8 Å². The summed E-state index contributed by atoms with van der Waals surface area (Å²) in [6.45, 7) is 1.01. The molecule has 1 atom stereocenters. The Hall–Kier alpha value is -2.87. The molecule has 2 aliphatic rings. The number of aliphatic carboxylic acids is 1. The Morgan fingerprint density at radius 3 is 2.88 bits per heavy atom. The van der Waals surface area contributed by atoms with Crippen LogP contribution in [0.5, 0.6) is 0 Å². The molecule has 1 aromatic carbocycles. The lowest BCUT2D eigenvalue weighted by molar-refractivity contribution is -0.141. The minimum Gasteiger partial charge on any atom is -0.480 e. The standard InChI is InChI=1S/C16H16N4O4/c21-15(22)9-19-6-12-13(17-19)7-18-8-14(12)20(16(18)23)24-10-11-4-2-1-3-5-11/h1-6,14H,7-10H2,(H,21,22). The fourth-order valence-corrected chi connectivity index (χ4v) is 3.13. The minimum absolute atomic E-state index is 0.182. The predicted molar refractivity (Wildman–Crippen MR) is 81.5 cm³/mol. The van der Waals surface area contributed by atoms with Gasteiger partial charge in [-0.25, -0.2) is 4.79 Å². The molecule has 1 N–H and O–H groups in total. The van der Waals surface area contributed by atoms with Crippen molar-refractivity contribution in [2.75, 3.05) is 6.54 Å². The average Bonchev–Trinajstić information content (AvgIpc) is 3.07. The number of urea groups is 1. The van der Waals surface area contributed by atoms with Gasteiger partial charge >= 0.3 is 12.0 Å². The van der Waals surface area contributed by atoms with Gasteiger partial charge in [0, 0.05) is 11.8 Å². The van der Waals surface area contributed by atoms with Crippen LogP contribution in [0.1, 0.15) is 22.9 Å². The monoisotopic (exact) mass is 328 g/mol. The molecular formula is C16H16N4O4. The van der Waals surface area contributed by atoms with Crippen molar-refractivity contribution in [2.24, 2.45) is 0 Å². The van der Waals surface area contributed by atoms with E-state index in [0.29, 0.717) is 19.7 Å². The van der Waals surface area contributed by atoms with Crippen molar-refractivity contribution in [1.82, 2.24) is 19.7 Å². The van der Waals surface area contributed by atoms with E-state index in [2.05, 4.69) is 5.10 Å². The Bertz CT molecular complexity index is 789. The highest BCUT2D eigenvalue weighted by Crippen LogP contribution is 2.37. The lowest BCUT2D eigenvalue weighted by atomic mass is 10.1. The van der Waals surface area contributed by atoms with E-state index in [0.717, 1.165) is 16.8 Å². The molecule has 2 amide bonds. The van der Waals surface area contributed by atoms with E-state index in [1.807, 2.05) is 30.3 Å². The van der Waals surface area contributed by atoms with E-state index in [9.17, 15) is 9.59 Å². The van der Waals surface area contributed by atoms with Crippen molar-refractivity contribution in [3.8, 4) is 0 Å². The molecule has 1 aromatic heterocycles. The summed E-state index contributed by atoms with van der Waals surface area (Å²) < 4.78 is 1.40. The zero-order valence-corrected chi connectivity index (χ0v) is 12.8. The van der Waals surface area contributed by atoms with Gasteiger partial charge in [-0.1, -0.05) is 30.3 Å². The van der Waals surface area contributed by atoms with Gasteiger partial charge in [-0.3, -0.25) is 14.3 Å². The Morgan fingerprint density at radius 1 is 1.33 bits per heavy atom. The molecule has 2 aromatic rings. The quantitative estimate of drug-likeness (QED) is 0.896. The molecule has 0 saturated carbocycles. The SMILES string of the molecule is O=C(O)Cn1cc2c(n1)CN1CC2N(OCc2ccccc2)C1=O. The van der Waals surface area contributed by atoms with Gasteiger partial charge in [-0.05, 0) is 5.56 Å². The number of carboxylic acid groups (broad SMARTS) is 1. The van der Waals surface area contributed by atoms with Crippen molar-refractivity contribution in [1.29, 1.82) is 0 Å². The third-order valence-electron chi connectivity index (χ3n) is 4.22. The van der Waals surface area contributed by atoms with Crippen molar-refractivity contribution in [2.45, 2.75) is 25.7 Å². The number of amides is 2. The molecule has 2 bridgehead atoms. The first-order chi connectivity index (χ1) is 11.6. The van der Waals surface area contributed by atoms with Crippen LogP contribution in [0.3, 0.4) is 0 Å². The number of rotatable bonds is 5. The summed E-state index contributed by atoms with van der Waals surface area (Å²) in [5, 5.41) is 14.6. The molecule has 0 radical (unpaired) electrons. The lowest BCUT2D eigenvalue weighted by Crippen LogP contribution is -2.30. The summed E-state index contributed by atoms with van der Waals surface area (Å²) in [5.41, 5.74) is 2.56. The largest absolute Gasteiger partial charge is 0.480 e. The fraction of sp³-hybridized carbons (Fsp3) is 0.312. The van der Waals surface area contributed by atoms with Crippen LogP contribution in [0.25, 0.3) is 0 Å². The topological polar surface area (TPSA) is 87.9 Å². The van der Waals surface area contributed by atoms with E-state index in [-0.39, 0.29) is 18.6 Å². The van der Waals surface area contributed by atoms with E-state index >= 15 is 0 Å². The number of nitrogens with zero attached hydrogens (tertiary/aromatic N) is 4. The highest BCUT2D eigenvalue weighted by atomic mass is 16.7. The van der Waals surface area contributed by atoms with E-state index in [4.69, 9.17) is 9.94 Å². The zero-order chi connectivity index (χ0) is 16.7. The summed E-state index contributed by atoms with van der Waals surface area (Å²) >= 11 is 0. The summed E-state index contributed by atoms with van der Waals surface area (Å²) in [7, 11) is 0. The number of hydrogen-bond acceptors (Lipinski definition) is 4. The van der Waals surface area contributed by atoms with Crippen LogP contribution < -0.4 is 0 Å². The first-order valence-electron chi connectivity index (χ1n) is 7.65. The molecule has 0 spiro atoms. The number of carbonyl (C=O) groups is 2. The van der Waals surface area contributed by atoms with Crippen LogP contribution in [-0.4, -0.2) is 43.4 Å². The molecule has 1 fully saturated rings. The van der Waals surface area contributed by atoms with Crippen LogP contribution in [0.4, 0.5) is 4.79 Å². The summed E-state index contributed by atoms with van der Waals surface area (Å²) in [6, 6.07) is 9.19. The highest BCUT2D eigenvalue weighted by Gasteiger charge is 2.45. The Balaban J connectivity index is 1.55. The minimum atomic E-state index is -0.950. The first-order valence-corrected chi connectivity index (χ1v) is 7.65. The second-order valence-corrected chi connectivity index (χ2v) is 5.89. The maximum Gasteiger partial charge on any atom is 0.345 e. The molecule has 124 valence electrons. The molecule has 4 rings (SSSR count). The molecule has 0 aliphatic carbocycles. The number of carboxylic acids is 1. The van der Waals surface area contributed by atoms with Gasteiger partial charge in [-0.2, -0.15) is 10.2 Å². The van der Waals surface area contributed by atoms with Crippen LogP contribution in [0, 0.1) is 0 Å².